The molecule has 3 rings (SSSR count). The highest BCUT2D eigenvalue weighted by Gasteiger charge is 2.23. The Bertz CT molecular complexity index is 562. The molecule has 1 aromatic rings. The first-order valence-corrected chi connectivity index (χ1v) is 10.8. The molecule has 1 atom stereocenters. The van der Waals surface area contributed by atoms with Gasteiger partial charge in [-0.2, -0.15) is 0 Å². The minimum atomic E-state index is 0.134. The summed E-state index contributed by atoms with van der Waals surface area (Å²) < 4.78 is 5.52. The van der Waals surface area contributed by atoms with E-state index in [2.05, 4.69) is 16.8 Å². The van der Waals surface area contributed by atoms with Crippen LogP contribution in [0.15, 0.2) is 17.5 Å². The quantitative estimate of drug-likeness (QED) is 0.756. The average Bonchev–Trinajstić information content (AvgIpc) is 3.37. The van der Waals surface area contributed by atoms with Crippen molar-refractivity contribution in [1.82, 2.24) is 10.2 Å². The van der Waals surface area contributed by atoms with E-state index in [0.717, 1.165) is 58.2 Å². The van der Waals surface area contributed by atoms with Gasteiger partial charge < -0.3 is 15.0 Å². The molecule has 26 heavy (non-hydrogen) atoms. The van der Waals surface area contributed by atoms with Crippen LogP contribution in [0.5, 0.6) is 0 Å². The summed E-state index contributed by atoms with van der Waals surface area (Å²) in [6.45, 7) is 3.15. The third kappa shape index (κ3) is 6.09. The van der Waals surface area contributed by atoms with Crippen LogP contribution in [0.1, 0.15) is 49.8 Å². The van der Waals surface area contributed by atoms with Crippen LogP contribution < -0.4 is 5.32 Å². The van der Waals surface area contributed by atoms with Gasteiger partial charge in [-0.25, -0.2) is 0 Å². The molecule has 1 aromatic heterocycles. The molecule has 1 N–H and O–H groups in total. The van der Waals surface area contributed by atoms with E-state index in [9.17, 15) is 9.59 Å². The summed E-state index contributed by atoms with van der Waals surface area (Å²) in [5.74, 6) is 0.964. The largest absolute Gasteiger partial charge is 0.376 e. The first kappa shape index (κ1) is 19.4. The van der Waals surface area contributed by atoms with E-state index in [1.165, 1.54) is 4.88 Å². The van der Waals surface area contributed by atoms with Gasteiger partial charge in [-0.15, -0.1) is 11.3 Å². The van der Waals surface area contributed by atoms with Crippen LogP contribution in [0.3, 0.4) is 0 Å². The number of thiophene rings is 1. The number of ether oxygens (including phenoxy) is 1. The van der Waals surface area contributed by atoms with Crippen molar-refractivity contribution in [2.24, 2.45) is 5.92 Å². The minimum Gasteiger partial charge on any atom is -0.376 e. The van der Waals surface area contributed by atoms with Gasteiger partial charge >= 0.3 is 0 Å². The Kier molecular flexibility index (Phi) is 7.50. The molecule has 3 heterocycles. The Morgan fingerprint density at radius 3 is 2.77 bits per heavy atom. The lowest BCUT2D eigenvalue weighted by molar-refractivity contribution is -0.132. The fraction of sp³-hybridized carbons (Fsp3) is 0.700. The van der Waals surface area contributed by atoms with Crippen molar-refractivity contribution >= 4 is 23.2 Å². The van der Waals surface area contributed by atoms with Crippen LogP contribution in [-0.4, -0.2) is 49.1 Å². The van der Waals surface area contributed by atoms with Crippen LogP contribution >= 0.6 is 11.3 Å². The van der Waals surface area contributed by atoms with Gasteiger partial charge in [-0.1, -0.05) is 6.07 Å². The Hall–Kier alpha value is -1.40. The molecule has 144 valence electrons. The smallest absolute Gasteiger partial charge is 0.222 e. The number of hydrogen-bond donors (Lipinski definition) is 1. The van der Waals surface area contributed by atoms with Gasteiger partial charge in [0, 0.05) is 44.0 Å². The molecule has 0 bridgehead atoms. The molecule has 0 unspecified atom stereocenters. The molecule has 6 heteroatoms. The third-order valence-electron chi connectivity index (χ3n) is 5.46. The molecule has 2 fully saturated rings. The third-order valence-corrected chi connectivity index (χ3v) is 6.40. The zero-order valence-corrected chi connectivity index (χ0v) is 16.3. The topological polar surface area (TPSA) is 58.6 Å². The van der Waals surface area contributed by atoms with Crippen molar-refractivity contribution in [3.05, 3.63) is 22.4 Å². The number of hydrogen-bond acceptors (Lipinski definition) is 4. The maximum Gasteiger partial charge on any atom is 0.222 e. The van der Waals surface area contributed by atoms with Crippen LogP contribution in [-0.2, 0) is 20.7 Å². The number of likely N-dealkylation sites (tertiary alicyclic amines) is 1. The molecule has 0 saturated carbocycles. The second-order valence-corrected chi connectivity index (χ2v) is 8.41. The summed E-state index contributed by atoms with van der Waals surface area (Å²) in [5, 5.41) is 5.05. The minimum absolute atomic E-state index is 0.134. The summed E-state index contributed by atoms with van der Waals surface area (Å²) in [6, 6.07) is 4.13. The van der Waals surface area contributed by atoms with E-state index in [1.807, 2.05) is 11.0 Å². The number of aryl methyl sites for hydroxylation is 1. The highest BCUT2D eigenvalue weighted by Crippen LogP contribution is 2.23. The van der Waals surface area contributed by atoms with Gasteiger partial charge in [-0.3, -0.25) is 9.59 Å². The van der Waals surface area contributed by atoms with E-state index in [1.54, 1.807) is 11.3 Å². The molecule has 2 aliphatic rings. The molecule has 0 aromatic carbocycles. The summed E-state index contributed by atoms with van der Waals surface area (Å²) in [7, 11) is 0. The lowest BCUT2D eigenvalue weighted by atomic mass is 9.92. The SMILES string of the molecule is O=C(CCC1CCN(C(=O)CCc2cccs2)CC1)NC[C@@H]1CCCO1. The zero-order chi connectivity index (χ0) is 18.2. The van der Waals surface area contributed by atoms with E-state index in [4.69, 9.17) is 4.74 Å². The average molecular weight is 379 g/mol. The number of carbonyl (C=O) groups excluding carboxylic acids is 2. The van der Waals surface area contributed by atoms with Crippen LogP contribution in [0.25, 0.3) is 0 Å². The molecule has 0 aliphatic carbocycles. The standard InChI is InChI=1S/C20H30N2O3S/c23-19(21-15-17-3-1-13-25-17)7-5-16-9-11-22(12-10-16)20(24)8-6-18-4-2-14-26-18/h2,4,14,16-17H,1,3,5-13,15H2,(H,21,23)/t17-/m0/s1. The van der Waals surface area contributed by atoms with Gasteiger partial charge in [0.1, 0.15) is 0 Å². The molecule has 0 spiro atoms. The van der Waals surface area contributed by atoms with Crippen molar-refractivity contribution in [3.8, 4) is 0 Å². The molecule has 2 amide bonds. The van der Waals surface area contributed by atoms with E-state index < -0.39 is 0 Å². The maximum atomic E-state index is 12.3. The van der Waals surface area contributed by atoms with Crippen LogP contribution in [0, 0.1) is 5.92 Å². The summed E-state index contributed by atoms with van der Waals surface area (Å²) >= 11 is 1.72. The fourth-order valence-corrected chi connectivity index (χ4v) is 4.48. The predicted octanol–water partition coefficient (Wildman–Crippen LogP) is 2.99. The highest BCUT2D eigenvalue weighted by atomic mass is 32.1. The zero-order valence-electron chi connectivity index (χ0n) is 15.5. The van der Waals surface area contributed by atoms with Gasteiger partial charge in [-0.05, 0) is 55.9 Å². The van der Waals surface area contributed by atoms with Crippen molar-refractivity contribution in [2.45, 2.75) is 57.5 Å². The molecular formula is C20H30N2O3S. The van der Waals surface area contributed by atoms with Crippen molar-refractivity contribution < 1.29 is 14.3 Å². The van der Waals surface area contributed by atoms with Gasteiger partial charge in [0.15, 0.2) is 0 Å². The van der Waals surface area contributed by atoms with Crippen molar-refractivity contribution in [1.29, 1.82) is 0 Å². The van der Waals surface area contributed by atoms with E-state index >= 15 is 0 Å². The number of amides is 2. The van der Waals surface area contributed by atoms with Crippen molar-refractivity contribution in [3.63, 3.8) is 0 Å². The Labute approximate surface area is 160 Å². The van der Waals surface area contributed by atoms with Crippen LogP contribution in [0.2, 0.25) is 0 Å². The number of nitrogens with zero attached hydrogens (tertiary/aromatic N) is 1. The highest BCUT2D eigenvalue weighted by molar-refractivity contribution is 7.09. The van der Waals surface area contributed by atoms with Crippen molar-refractivity contribution in [2.75, 3.05) is 26.2 Å². The second kappa shape index (κ2) is 10.1. The number of piperidine rings is 1. The molecule has 5 nitrogen and oxygen atoms in total. The van der Waals surface area contributed by atoms with Gasteiger partial charge in [0.25, 0.3) is 0 Å². The Balaban J connectivity index is 1.27. The Morgan fingerprint density at radius 2 is 2.08 bits per heavy atom. The monoisotopic (exact) mass is 378 g/mol. The summed E-state index contributed by atoms with van der Waals surface area (Å²) in [5.41, 5.74) is 0. The maximum absolute atomic E-state index is 12.3. The van der Waals surface area contributed by atoms with E-state index in [0.29, 0.717) is 25.3 Å². The van der Waals surface area contributed by atoms with E-state index in [-0.39, 0.29) is 17.9 Å². The lowest BCUT2D eigenvalue weighted by Gasteiger charge is -2.32. The molecule has 2 saturated heterocycles. The normalized spacial score (nSPS) is 21.1. The van der Waals surface area contributed by atoms with Gasteiger partial charge in [0.2, 0.25) is 11.8 Å². The van der Waals surface area contributed by atoms with Crippen LogP contribution in [0.4, 0.5) is 0 Å². The fourth-order valence-electron chi connectivity index (χ4n) is 3.77. The first-order valence-electron chi connectivity index (χ1n) is 9.89. The number of carbonyl (C=O) groups is 2. The molecule has 2 aliphatic heterocycles. The first-order chi connectivity index (χ1) is 12.7. The molecule has 0 radical (unpaired) electrons. The van der Waals surface area contributed by atoms with Gasteiger partial charge in [0.05, 0.1) is 6.10 Å². The summed E-state index contributed by atoms with van der Waals surface area (Å²) in [6.07, 6.45) is 7.37. The predicted molar refractivity (Wildman–Crippen MR) is 103 cm³/mol. The number of nitrogens with one attached hydrogen (secondary N) is 1. The Morgan fingerprint density at radius 1 is 1.23 bits per heavy atom. The second-order valence-electron chi connectivity index (χ2n) is 7.38. The molecular weight excluding hydrogens is 348 g/mol. The number of rotatable bonds is 8. The summed E-state index contributed by atoms with van der Waals surface area (Å²) in [4.78, 5) is 27.6. The lowest BCUT2D eigenvalue weighted by Crippen LogP contribution is -2.39.